The molecule has 2 aromatic rings. The van der Waals surface area contributed by atoms with Crippen molar-refractivity contribution in [2.24, 2.45) is 5.10 Å². The normalized spacial score (nSPS) is 10.8. The number of hydrazone groups is 1. The molecule has 0 fully saturated rings. The second kappa shape index (κ2) is 7.25. The van der Waals surface area contributed by atoms with Crippen molar-refractivity contribution in [2.75, 3.05) is 0 Å². The Balaban J connectivity index is 2.03. The molecule has 108 valence electrons. The minimum atomic E-state index is -0.271. The van der Waals surface area contributed by atoms with Crippen LogP contribution in [-0.4, -0.2) is 12.1 Å². The fourth-order valence-electron chi connectivity index (χ4n) is 1.74. The van der Waals surface area contributed by atoms with Gasteiger partial charge in [-0.05, 0) is 30.2 Å². The average Bonchev–Trinajstić information content (AvgIpc) is 2.51. The number of nitrogens with zero attached hydrogens (tertiary/aromatic N) is 1. The first-order valence-corrected chi connectivity index (χ1v) is 7.23. The van der Waals surface area contributed by atoms with E-state index >= 15 is 0 Å². The van der Waals surface area contributed by atoms with Crippen LogP contribution in [0.15, 0.2) is 47.6 Å². The minimum Gasteiger partial charge on any atom is -0.267 e. The third-order valence-corrected chi connectivity index (χ3v) is 3.81. The van der Waals surface area contributed by atoms with Gasteiger partial charge >= 0.3 is 0 Å². The van der Waals surface area contributed by atoms with Gasteiger partial charge in [-0.15, -0.1) is 0 Å². The summed E-state index contributed by atoms with van der Waals surface area (Å²) in [5.74, 6) is -0.271. The van der Waals surface area contributed by atoms with Crippen molar-refractivity contribution in [3.05, 3.63) is 69.2 Å². The Morgan fingerprint density at radius 1 is 1.19 bits per heavy atom. The summed E-state index contributed by atoms with van der Waals surface area (Å²) in [6.07, 6.45) is 2.40. The van der Waals surface area contributed by atoms with Crippen LogP contribution in [0.1, 0.15) is 28.4 Å². The second-order valence-electron chi connectivity index (χ2n) is 4.39. The number of rotatable bonds is 4. The summed E-state index contributed by atoms with van der Waals surface area (Å²) in [6.45, 7) is 2.06. The quantitative estimate of drug-likeness (QED) is 0.661. The molecule has 2 aromatic carbocycles. The molecule has 1 N–H and O–H groups in total. The third kappa shape index (κ3) is 4.06. The highest BCUT2D eigenvalue weighted by molar-refractivity contribution is 6.43. The van der Waals surface area contributed by atoms with Gasteiger partial charge < -0.3 is 0 Å². The van der Waals surface area contributed by atoms with Crippen molar-refractivity contribution in [1.29, 1.82) is 0 Å². The summed E-state index contributed by atoms with van der Waals surface area (Å²) in [6, 6.07) is 12.6. The first kappa shape index (κ1) is 15.5. The van der Waals surface area contributed by atoms with Crippen LogP contribution in [0.3, 0.4) is 0 Å². The first-order valence-electron chi connectivity index (χ1n) is 6.48. The van der Waals surface area contributed by atoms with Gasteiger partial charge in [-0.2, -0.15) is 5.10 Å². The van der Waals surface area contributed by atoms with E-state index in [9.17, 15) is 4.79 Å². The molecule has 3 nitrogen and oxygen atoms in total. The summed E-state index contributed by atoms with van der Waals surface area (Å²) < 4.78 is 0. The summed E-state index contributed by atoms with van der Waals surface area (Å²) in [5.41, 5.74) is 4.84. The zero-order valence-corrected chi connectivity index (χ0v) is 12.9. The van der Waals surface area contributed by atoms with Gasteiger partial charge in [-0.25, -0.2) is 5.43 Å². The number of benzene rings is 2. The molecule has 0 atom stereocenters. The summed E-state index contributed by atoms with van der Waals surface area (Å²) in [5, 5.41) is 4.75. The Labute approximate surface area is 133 Å². The fourth-order valence-corrected chi connectivity index (χ4v) is 2.09. The van der Waals surface area contributed by atoms with Gasteiger partial charge in [0, 0.05) is 11.1 Å². The lowest BCUT2D eigenvalue weighted by atomic mass is 10.1. The van der Waals surface area contributed by atoms with Crippen molar-refractivity contribution in [1.82, 2.24) is 5.43 Å². The molecule has 2 rings (SSSR count). The monoisotopic (exact) mass is 320 g/mol. The van der Waals surface area contributed by atoms with Gasteiger partial charge in [-0.1, -0.05) is 54.4 Å². The third-order valence-electron chi connectivity index (χ3n) is 2.98. The molecule has 0 heterocycles. The number of carbonyl (C=O) groups excluding carboxylic acids is 1. The molecule has 21 heavy (non-hydrogen) atoms. The van der Waals surface area contributed by atoms with E-state index in [0.29, 0.717) is 21.2 Å². The highest BCUT2D eigenvalue weighted by Crippen LogP contribution is 2.24. The first-order chi connectivity index (χ1) is 10.1. The Hall–Kier alpha value is -1.84. The molecule has 5 heteroatoms. The van der Waals surface area contributed by atoms with Crippen LogP contribution in [0.25, 0.3) is 0 Å². The summed E-state index contributed by atoms with van der Waals surface area (Å²) in [7, 11) is 0. The number of halogens is 2. The van der Waals surface area contributed by atoms with Crippen molar-refractivity contribution >= 4 is 35.3 Å². The van der Waals surface area contributed by atoms with E-state index < -0.39 is 0 Å². The lowest BCUT2D eigenvalue weighted by molar-refractivity contribution is 0.0955. The Morgan fingerprint density at radius 3 is 2.57 bits per heavy atom. The molecule has 0 aliphatic heterocycles. The van der Waals surface area contributed by atoms with E-state index in [1.165, 1.54) is 11.8 Å². The van der Waals surface area contributed by atoms with Crippen LogP contribution in [0, 0.1) is 0 Å². The summed E-state index contributed by atoms with van der Waals surface area (Å²) >= 11 is 11.9. The Morgan fingerprint density at radius 2 is 1.90 bits per heavy atom. The Kier molecular flexibility index (Phi) is 5.37. The van der Waals surface area contributed by atoms with Gasteiger partial charge in [0.05, 0.1) is 16.3 Å². The summed E-state index contributed by atoms with van der Waals surface area (Å²) in [4.78, 5) is 11.9. The van der Waals surface area contributed by atoms with E-state index in [1.54, 1.807) is 30.3 Å². The molecule has 0 aliphatic carbocycles. The number of amides is 1. The van der Waals surface area contributed by atoms with Crippen molar-refractivity contribution in [3.8, 4) is 0 Å². The van der Waals surface area contributed by atoms with E-state index in [0.717, 1.165) is 6.42 Å². The number of nitrogens with one attached hydrogen (secondary N) is 1. The van der Waals surface area contributed by atoms with Crippen LogP contribution in [0.2, 0.25) is 10.0 Å². The lowest BCUT2D eigenvalue weighted by Gasteiger charge is -2.02. The molecule has 1 amide bonds. The van der Waals surface area contributed by atoms with Crippen molar-refractivity contribution < 1.29 is 4.79 Å². The smallest absolute Gasteiger partial charge is 0.267 e. The molecule has 0 saturated carbocycles. The molecule has 0 aromatic heterocycles. The van der Waals surface area contributed by atoms with Gasteiger partial charge in [-0.3, -0.25) is 4.79 Å². The largest absolute Gasteiger partial charge is 0.271 e. The maximum Gasteiger partial charge on any atom is 0.271 e. The molecule has 0 bridgehead atoms. The minimum absolute atomic E-state index is 0.271. The number of hydrogen-bond acceptors (Lipinski definition) is 2. The predicted molar refractivity (Wildman–Crippen MR) is 87.3 cm³/mol. The van der Waals surface area contributed by atoms with Gasteiger partial charge in [0.1, 0.15) is 0 Å². The predicted octanol–water partition coefficient (Wildman–Crippen LogP) is 4.32. The van der Waals surface area contributed by atoms with E-state index in [2.05, 4.69) is 17.5 Å². The maximum atomic E-state index is 11.9. The van der Waals surface area contributed by atoms with Gasteiger partial charge in [0.2, 0.25) is 0 Å². The molecule has 0 unspecified atom stereocenters. The Bertz CT molecular complexity index is 666. The SMILES string of the molecule is CCc1ccc(C(=O)N/N=C\c2cccc(Cl)c2Cl)cc1. The van der Waals surface area contributed by atoms with Crippen LogP contribution in [0.5, 0.6) is 0 Å². The van der Waals surface area contributed by atoms with Gasteiger partial charge in [0.25, 0.3) is 5.91 Å². The topological polar surface area (TPSA) is 41.5 Å². The molecule has 0 radical (unpaired) electrons. The van der Waals surface area contributed by atoms with Crippen LogP contribution < -0.4 is 5.43 Å². The van der Waals surface area contributed by atoms with Crippen LogP contribution in [0.4, 0.5) is 0 Å². The molecular formula is C16H14Cl2N2O. The highest BCUT2D eigenvalue weighted by atomic mass is 35.5. The fraction of sp³-hybridized carbons (Fsp3) is 0.125. The van der Waals surface area contributed by atoms with Crippen LogP contribution >= 0.6 is 23.2 Å². The molecular weight excluding hydrogens is 307 g/mol. The average molecular weight is 321 g/mol. The second-order valence-corrected chi connectivity index (χ2v) is 5.18. The number of carbonyl (C=O) groups is 1. The van der Waals surface area contributed by atoms with E-state index in [4.69, 9.17) is 23.2 Å². The van der Waals surface area contributed by atoms with E-state index in [1.807, 2.05) is 12.1 Å². The van der Waals surface area contributed by atoms with E-state index in [-0.39, 0.29) is 5.91 Å². The van der Waals surface area contributed by atoms with Crippen LogP contribution in [-0.2, 0) is 6.42 Å². The lowest BCUT2D eigenvalue weighted by Crippen LogP contribution is -2.17. The molecule has 0 spiro atoms. The number of hydrogen-bond donors (Lipinski definition) is 1. The van der Waals surface area contributed by atoms with Crippen molar-refractivity contribution in [3.63, 3.8) is 0 Å². The highest BCUT2D eigenvalue weighted by Gasteiger charge is 2.04. The standard InChI is InChI=1S/C16H14Cl2N2O/c1-2-11-6-8-12(9-7-11)16(21)20-19-10-13-4-3-5-14(17)15(13)18/h3-10H,2H2,1H3,(H,20,21)/b19-10-. The zero-order valence-electron chi connectivity index (χ0n) is 11.4. The van der Waals surface area contributed by atoms with Crippen molar-refractivity contribution in [2.45, 2.75) is 13.3 Å². The van der Waals surface area contributed by atoms with Gasteiger partial charge in [0.15, 0.2) is 0 Å². The molecule has 0 saturated heterocycles. The molecule has 0 aliphatic rings. The number of aryl methyl sites for hydroxylation is 1. The maximum absolute atomic E-state index is 11.9. The zero-order chi connectivity index (χ0) is 15.2.